The Labute approximate surface area is 93.6 Å². The van der Waals surface area contributed by atoms with Crippen LogP contribution in [0.5, 0.6) is 0 Å². The van der Waals surface area contributed by atoms with Crippen LogP contribution in [0.3, 0.4) is 0 Å². The zero-order chi connectivity index (χ0) is 11.6. The third-order valence-corrected chi connectivity index (χ3v) is 2.86. The van der Waals surface area contributed by atoms with Gasteiger partial charge < -0.3 is 4.74 Å². The molecule has 0 unspecified atom stereocenters. The summed E-state index contributed by atoms with van der Waals surface area (Å²) >= 11 is 2.98. The number of hydrogen-bond donors (Lipinski definition) is 0. The standard InChI is InChI=1S/C9H8BrF2NO2/c1-4-7(10)6(8(11)12)5(3-13-4)9(14)15-2/h3,8H,1-2H3. The first-order valence-corrected chi connectivity index (χ1v) is 4.79. The van der Waals surface area contributed by atoms with Gasteiger partial charge in [-0.15, -0.1) is 0 Å². The summed E-state index contributed by atoms with van der Waals surface area (Å²) in [6.45, 7) is 1.57. The molecule has 82 valence electrons. The molecule has 15 heavy (non-hydrogen) atoms. The van der Waals surface area contributed by atoms with Gasteiger partial charge in [0.05, 0.1) is 18.4 Å². The Balaban J connectivity index is 3.40. The number of aryl methyl sites for hydroxylation is 1. The Hall–Kier alpha value is -1.04. The monoisotopic (exact) mass is 279 g/mol. The molecule has 0 spiro atoms. The van der Waals surface area contributed by atoms with Crippen molar-refractivity contribution in [3.63, 3.8) is 0 Å². The molecule has 0 N–H and O–H groups in total. The summed E-state index contributed by atoms with van der Waals surface area (Å²) in [6.07, 6.45) is -1.66. The molecule has 0 saturated carbocycles. The molecule has 1 aromatic rings. The molecule has 0 atom stereocenters. The second-order valence-electron chi connectivity index (χ2n) is 2.78. The van der Waals surface area contributed by atoms with E-state index in [4.69, 9.17) is 0 Å². The Morgan fingerprint density at radius 2 is 2.20 bits per heavy atom. The number of nitrogens with zero attached hydrogens (tertiary/aromatic N) is 1. The number of aromatic nitrogens is 1. The number of pyridine rings is 1. The molecule has 1 aromatic heterocycles. The predicted octanol–water partition coefficient (Wildman–Crippen LogP) is 2.88. The van der Waals surface area contributed by atoms with Crippen LogP contribution in [0.2, 0.25) is 0 Å². The van der Waals surface area contributed by atoms with E-state index in [1.165, 1.54) is 0 Å². The molecule has 0 aliphatic carbocycles. The number of alkyl halides is 2. The van der Waals surface area contributed by atoms with Crippen molar-refractivity contribution in [2.75, 3.05) is 7.11 Å². The lowest BCUT2D eigenvalue weighted by atomic mass is 10.1. The van der Waals surface area contributed by atoms with E-state index in [-0.39, 0.29) is 15.6 Å². The highest BCUT2D eigenvalue weighted by molar-refractivity contribution is 9.10. The topological polar surface area (TPSA) is 39.2 Å². The van der Waals surface area contributed by atoms with Crippen molar-refractivity contribution in [1.29, 1.82) is 0 Å². The molecule has 0 aliphatic heterocycles. The summed E-state index contributed by atoms with van der Waals surface area (Å²) in [5, 5.41) is 0. The van der Waals surface area contributed by atoms with Gasteiger partial charge in [-0.25, -0.2) is 13.6 Å². The van der Waals surface area contributed by atoms with Crippen molar-refractivity contribution in [1.82, 2.24) is 4.98 Å². The van der Waals surface area contributed by atoms with Gasteiger partial charge in [-0.2, -0.15) is 0 Å². The van der Waals surface area contributed by atoms with Crippen LogP contribution in [0.25, 0.3) is 0 Å². The maximum Gasteiger partial charge on any atom is 0.339 e. The molecule has 1 rings (SSSR count). The van der Waals surface area contributed by atoms with Crippen molar-refractivity contribution in [2.24, 2.45) is 0 Å². The molecule has 0 saturated heterocycles. The van der Waals surface area contributed by atoms with Crippen LogP contribution in [0.4, 0.5) is 8.78 Å². The average molecular weight is 280 g/mol. The van der Waals surface area contributed by atoms with E-state index in [0.717, 1.165) is 13.3 Å². The number of methoxy groups -OCH3 is 1. The lowest BCUT2D eigenvalue weighted by molar-refractivity contribution is 0.0588. The van der Waals surface area contributed by atoms with Crippen molar-refractivity contribution in [3.8, 4) is 0 Å². The maximum atomic E-state index is 12.7. The highest BCUT2D eigenvalue weighted by atomic mass is 79.9. The quantitative estimate of drug-likeness (QED) is 0.782. The van der Waals surface area contributed by atoms with Gasteiger partial charge in [-0.05, 0) is 22.9 Å². The first-order valence-electron chi connectivity index (χ1n) is 4.00. The number of halogens is 3. The fraction of sp³-hybridized carbons (Fsp3) is 0.333. The third-order valence-electron chi connectivity index (χ3n) is 1.86. The predicted molar refractivity (Wildman–Crippen MR) is 53.0 cm³/mol. The van der Waals surface area contributed by atoms with Gasteiger partial charge >= 0.3 is 5.97 Å². The second kappa shape index (κ2) is 4.65. The Bertz CT molecular complexity index is 396. The van der Waals surface area contributed by atoms with Crippen LogP contribution >= 0.6 is 15.9 Å². The van der Waals surface area contributed by atoms with Gasteiger partial charge in [0.1, 0.15) is 0 Å². The summed E-state index contributed by atoms with van der Waals surface area (Å²) in [5.74, 6) is -0.821. The van der Waals surface area contributed by atoms with Gasteiger partial charge in [-0.3, -0.25) is 4.98 Å². The van der Waals surface area contributed by atoms with Crippen molar-refractivity contribution in [3.05, 3.63) is 27.5 Å². The van der Waals surface area contributed by atoms with Crippen molar-refractivity contribution in [2.45, 2.75) is 13.3 Å². The van der Waals surface area contributed by atoms with E-state index in [2.05, 4.69) is 25.7 Å². The van der Waals surface area contributed by atoms with Crippen LogP contribution in [-0.2, 0) is 4.74 Å². The van der Waals surface area contributed by atoms with E-state index in [1.807, 2.05) is 0 Å². The molecule has 6 heteroatoms. The molecule has 0 bridgehead atoms. The summed E-state index contributed by atoms with van der Waals surface area (Å²) < 4.78 is 29.9. The van der Waals surface area contributed by atoms with Gasteiger partial charge in [0.2, 0.25) is 0 Å². The highest BCUT2D eigenvalue weighted by Gasteiger charge is 2.23. The molecule has 3 nitrogen and oxygen atoms in total. The van der Waals surface area contributed by atoms with E-state index >= 15 is 0 Å². The lowest BCUT2D eigenvalue weighted by Crippen LogP contribution is -2.08. The van der Waals surface area contributed by atoms with Crippen LogP contribution < -0.4 is 0 Å². The Morgan fingerprint density at radius 3 is 2.67 bits per heavy atom. The number of carbonyl (C=O) groups excluding carboxylic acids is 1. The average Bonchev–Trinajstić information content (AvgIpc) is 2.20. The van der Waals surface area contributed by atoms with Gasteiger partial charge in [0.25, 0.3) is 6.43 Å². The molecular formula is C9H8BrF2NO2. The summed E-state index contributed by atoms with van der Waals surface area (Å²) in [6, 6.07) is 0. The highest BCUT2D eigenvalue weighted by Crippen LogP contribution is 2.32. The lowest BCUT2D eigenvalue weighted by Gasteiger charge is -2.10. The minimum Gasteiger partial charge on any atom is -0.465 e. The van der Waals surface area contributed by atoms with E-state index in [9.17, 15) is 13.6 Å². The molecular weight excluding hydrogens is 272 g/mol. The number of ether oxygens (including phenoxy) is 1. The SMILES string of the molecule is COC(=O)c1cnc(C)c(Br)c1C(F)F. The minimum atomic E-state index is -2.75. The van der Waals surface area contributed by atoms with E-state index in [0.29, 0.717) is 5.69 Å². The first kappa shape index (κ1) is 12.0. The number of carbonyl (C=O) groups is 1. The van der Waals surface area contributed by atoms with Crippen LogP contribution in [0.15, 0.2) is 10.7 Å². The van der Waals surface area contributed by atoms with Gasteiger partial charge in [-0.1, -0.05) is 0 Å². The Kier molecular flexibility index (Phi) is 3.73. The van der Waals surface area contributed by atoms with Crippen LogP contribution in [0.1, 0.15) is 28.0 Å². The van der Waals surface area contributed by atoms with Crippen molar-refractivity contribution < 1.29 is 18.3 Å². The molecule has 0 radical (unpaired) electrons. The molecule has 0 fully saturated rings. The smallest absolute Gasteiger partial charge is 0.339 e. The van der Waals surface area contributed by atoms with Crippen LogP contribution in [-0.4, -0.2) is 18.1 Å². The Morgan fingerprint density at radius 1 is 1.60 bits per heavy atom. The zero-order valence-electron chi connectivity index (χ0n) is 8.05. The summed E-state index contributed by atoms with van der Waals surface area (Å²) in [7, 11) is 1.13. The fourth-order valence-corrected chi connectivity index (χ4v) is 1.58. The van der Waals surface area contributed by atoms with Crippen LogP contribution in [0, 0.1) is 6.92 Å². The fourth-order valence-electron chi connectivity index (χ4n) is 1.09. The van der Waals surface area contributed by atoms with E-state index in [1.54, 1.807) is 6.92 Å². The number of rotatable bonds is 2. The second-order valence-corrected chi connectivity index (χ2v) is 3.57. The molecule has 1 heterocycles. The zero-order valence-corrected chi connectivity index (χ0v) is 9.64. The van der Waals surface area contributed by atoms with Gasteiger partial charge in [0, 0.05) is 16.2 Å². The van der Waals surface area contributed by atoms with E-state index < -0.39 is 12.4 Å². The first-order chi connectivity index (χ1) is 6.99. The summed E-state index contributed by atoms with van der Waals surface area (Å²) in [5.41, 5.74) is -0.197. The number of esters is 1. The molecule has 0 aliphatic rings. The largest absolute Gasteiger partial charge is 0.465 e. The normalized spacial score (nSPS) is 10.5. The number of hydrogen-bond acceptors (Lipinski definition) is 3. The van der Waals surface area contributed by atoms with Gasteiger partial charge in [0.15, 0.2) is 0 Å². The summed E-state index contributed by atoms with van der Waals surface area (Å²) in [4.78, 5) is 15.0. The molecule has 0 amide bonds. The van der Waals surface area contributed by atoms with Crippen molar-refractivity contribution >= 4 is 21.9 Å². The maximum absolute atomic E-state index is 12.7. The minimum absolute atomic E-state index is 0.139. The third kappa shape index (κ3) is 2.31. The molecule has 0 aromatic carbocycles.